The molecule has 4 nitrogen and oxygen atoms in total. The first-order valence-electron chi connectivity index (χ1n) is 6.47. The molecule has 0 unspecified atom stereocenters. The number of carbonyl (C=O) groups excluding carboxylic acids is 1. The molecular weight excluding hydrogens is 307 g/mol. The van der Waals surface area contributed by atoms with Gasteiger partial charge >= 0.3 is 0 Å². The lowest BCUT2D eigenvalue weighted by Gasteiger charge is -2.18. The maximum absolute atomic E-state index is 13.5. The van der Waals surface area contributed by atoms with Gasteiger partial charge in [-0.15, -0.1) is 13.2 Å². The number of hydrogen-bond donors (Lipinski definition) is 1. The molecule has 1 amide bonds. The van der Waals surface area contributed by atoms with E-state index in [1.165, 1.54) is 17.1 Å². The van der Waals surface area contributed by atoms with Gasteiger partial charge in [0.05, 0.1) is 5.69 Å². The molecule has 0 saturated carbocycles. The maximum atomic E-state index is 13.5. The Morgan fingerprint density at radius 1 is 1.22 bits per heavy atom. The van der Waals surface area contributed by atoms with E-state index in [4.69, 9.17) is 5.26 Å². The molecule has 0 spiro atoms. The van der Waals surface area contributed by atoms with Crippen LogP contribution in [0.4, 0.5) is 18.9 Å². The van der Waals surface area contributed by atoms with Crippen molar-refractivity contribution in [2.75, 3.05) is 18.4 Å². The number of amides is 1. The van der Waals surface area contributed by atoms with Crippen LogP contribution >= 0.6 is 0 Å². The Balaban J connectivity index is 3.02. The van der Waals surface area contributed by atoms with Gasteiger partial charge in [0.15, 0.2) is 17.5 Å². The average Bonchev–Trinajstić information content (AvgIpc) is 2.54. The summed E-state index contributed by atoms with van der Waals surface area (Å²) in [5, 5.41) is 11.3. The first-order chi connectivity index (χ1) is 11.0. The minimum Gasteiger partial charge on any atom is -0.358 e. The van der Waals surface area contributed by atoms with E-state index < -0.39 is 29.0 Å². The second kappa shape index (κ2) is 8.44. The van der Waals surface area contributed by atoms with Gasteiger partial charge in [-0.25, -0.2) is 13.2 Å². The van der Waals surface area contributed by atoms with Crippen LogP contribution < -0.4 is 5.32 Å². The normalized spacial score (nSPS) is 10.6. The third-order valence-electron chi connectivity index (χ3n) is 2.74. The molecule has 0 fully saturated rings. The molecule has 0 aliphatic heterocycles. The van der Waals surface area contributed by atoms with Crippen molar-refractivity contribution >= 4 is 11.6 Å². The van der Waals surface area contributed by atoms with Gasteiger partial charge in [0.1, 0.15) is 11.6 Å². The number of rotatable bonds is 7. The van der Waals surface area contributed by atoms with Crippen molar-refractivity contribution in [2.24, 2.45) is 0 Å². The number of hydrogen-bond acceptors (Lipinski definition) is 3. The molecule has 0 aromatic heterocycles. The summed E-state index contributed by atoms with van der Waals surface area (Å²) in [4.78, 5) is 13.4. The fourth-order valence-electron chi connectivity index (χ4n) is 1.65. The second-order valence-electron chi connectivity index (χ2n) is 4.32. The number of nitrogens with one attached hydrogen (secondary N) is 1. The van der Waals surface area contributed by atoms with Crippen LogP contribution in [0.25, 0.3) is 0 Å². The Labute approximate surface area is 131 Å². The minimum atomic E-state index is -1.65. The molecule has 1 rings (SSSR count). The highest BCUT2D eigenvalue weighted by molar-refractivity contribution is 5.97. The van der Waals surface area contributed by atoms with Crippen LogP contribution in [-0.2, 0) is 4.79 Å². The van der Waals surface area contributed by atoms with E-state index in [1.54, 1.807) is 6.07 Å². The zero-order valence-electron chi connectivity index (χ0n) is 12.2. The molecule has 120 valence electrons. The largest absolute Gasteiger partial charge is 0.358 e. The monoisotopic (exact) mass is 321 g/mol. The molecule has 0 atom stereocenters. The number of carbonyl (C=O) groups is 1. The van der Waals surface area contributed by atoms with Gasteiger partial charge in [0.25, 0.3) is 5.91 Å². The number of nitriles is 1. The first-order valence-corrected chi connectivity index (χ1v) is 6.47. The molecule has 0 aliphatic rings. The van der Waals surface area contributed by atoms with Crippen LogP contribution in [0, 0.1) is 28.8 Å². The molecule has 0 radical (unpaired) electrons. The second-order valence-corrected chi connectivity index (χ2v) is 4.32. The van der Waals surface area contributed by atoms with E-state index in [2.05, 4.69) is 18.5 Å². The standard InChI is InChI=1S/C16H14F3N3O/c1-3-7-22(8-4-2)16(23)11(9-20)10-21-13-6-5-12(17)14(18)15(13)19/h3-6,10,21H,1-2,7-8H2/b11-10-. The third-order valence-corrected chi connectivity index (χ3v) is 2.74. The zero-order valence-corrected chi connectivity index (χ0v) is 12.2. The minimum absolute atomic E-state index is 0.184. The summed E-state index contributed by atoms with van der Waals surface area (Å²) in [7, 11) is 0. The fourth-order valence-corrected chi connectivity index (χ4v) is 1.65. The van der Waals surface area contributed by atoms with Crippen molar-refractivity contribution in [3.8, 4) is 6.07 Å². The van der Waals surface area contributed by atoms with Crippen LogP contribution in [0.5, 0.6) is 0 Å². The smallest absolute Gasteiger partial charge is 0.266 e. The summed E-state index contributed by atoms with van der Waals surface area (Å²) < 4.78 is 39.5. The van der Waals surface area contributed by atoms with Gasteiger partial charge < -0.3 is 10.2 Å². The molecule has 7 heteroatoms. The lowest BCUT2D eigenvalue weighted by atomic mass is 10.2. The molecule has 23 heavy (non-hydrogen) atoms. The van der Waals surface area contributed by atoms with Crippen molar-refractivity contribution in [2.45, 2.75) is 0 Å². The third kappa shape index (κ3) is 4.48. The Kier molecular flexibility index (Phi) is 6.62. The highest BCUT2D eigenvalue weighted by atomic mass is 19.2. The number of anilines is 1. The van der Waals surface area contributed by atoms with E-state index in [1.807, 2.05) is 0 Å². The fraction of sp³-hybridized carbons (Fsp3) is 0.125. The van der Waals surface area contributed by atoms with Gasteiger partial charge in [-0.1, -0.05) is 12.2 Å². The number of halogens is 3. The number of nitrogens with zero attached hydrogens (tertiary/aromatic N) is 2. The molecular formula is C16H14F3N3O. The molecule has 0 aliphatic carbocycles. The van der Waals surface area contributed by atoms with Crippen molar-refractivity contribution in [3.63, 3.8) is 0 Å². The first kappa shape index (κ1) is 18.0. The summed E-state index contributed by atoms with van der Waals surface area (Å²) in [6.45, 7) is 7.37. The van der Waals surface area contributed by atoms with Gasteiger partial charge in [0, 0.05) is 19.3 Å². The van der Waals surface area contributed by atoms with Crippen molar-refractivity contribution < 1.29 is 18.0 Å². The van der Waals surface area contributed by atoms with E-state index in [0.717, 1.165) is 18.3 Å². The van der Waals surface area contributed by atoms with Gasteiger partial charge in [-0.3, -0.25) is 4.79 Å². The van der Waals surface area contributed by atoms with Crippen LogP contribution in [0.15, 0.2) is 49.2 Å². The maximum Gasteiger partial charge on any atom is 0.266 e. The van der Waals surface area contributed by atoms with Gasteiger partial charge in [-0.2, -0.15) is 5.26 Å². The Hall–Kier alpha value is -3.01. The highest BCUT2D eigenvalue weighted by Gasteiger charge is 2.17. The topological polar surface area (TPSA) is 56.1 Å². The van der Waals surface area contributed by atoms with Crippen LogP contribution in [0.3, 0.4) is 0 Å². The molecule has 0 saturated heterocycles. The van der Waals surface area contributed by atoms with E-state index in [9.17, 15) is 18.0 Å². The zero-order chi connectivity index (χ0) is 17.4. The van der Waals surface area contributed by atoms with Crippen LogP contribution in [0.1, 0.15) is 0 Å². The lowest BCUT2D eigenvalue weighted by Crippen LogP contribution is -2.32. The van der Waals surface area contributed by atoms with Gasteiger partial charge in [0.2, 0.25) is 0 Å². The molecule has 0 bridgehead atoms. The highest BCUT2D eigenvalue weighted by Crippen LogP contribution is 2.19. The van der Waals surface area contributed by atoms with E-state index in [-0.39, 0.29) is 18.7 Å². The average molecular weight is 321 g/mol. The Morgan fingerprint density at radius 2 is 1.83 bits per heavy atom. The van der Waals surface area contributed by atoms with E-state index in [0.29, 0.717) is 0 Å². The van der Waals surface area contributed by atoms with Crippen molar-refractivity contribution in [1.29, 1.82) is 5.26 Å². The van der Waals surface area contributed by atoms with Crippen LogP contribution in [0.2, 0.25) is 0 Å². The Morgan fingerprint density at radius 3 is 2.35 bits per heavy atom. The van der Waals surface area contributed by atoms with Crippen molar-refractivity contribution in [3.05, 3.63) is 66.7 Å². The summed E-state index contributed by atoms with van der Waals surface area (Å²) in [5.41, 5.74) is -0.735. The lowest BCUT2D eigenvalue weighted by molar-refractivity contribution is -0.125. The van der Waals surface area contributed by atoms with Gasteiger partial charge in [-0.05, 0) is 12.1 Å². The molecule has 1 aromatic rings. The quantitative estimate of drug-likeness (QED) is 0.363. The predicted molar refractivity (Wildman–Crippen MR) is 80.6 cm³/mol. The molecule has 1 aromatic carbocycles. The summed E-state index contributed by atoms with van der Waals surface area (Å²) in [6.07, 6.45) is 3.87. The SMILES string of the molecule is C=CCN(CC=C)C(=O)/C(C#N)=C\Nc1ccc(F)c(F)c1F. The predicted octanol–water partition coefficient (Wildman–Crippen LogP) is 3.12. The number of benzene rings is 1. The summed E-state index contributed by atoms with van der Waals surface area (Å²) in [5.74, 6) is -5.06. The summed E-state index contributed by atoms with van der Waals surface area (Å²) in [6, 6.07) is 3.34. The Bertz CT molecular complexity index is 683. The van der Waals surface area contributed by atoms with Crippen LogP contribution in [-0.4, -0.2) is 23.9 Å². The molecule has 0 heterocycles. The van der Waals surface area contributed by atoms with E-state index >= 15 is 0 Å². The van der Waals surface area contributed by atoms with Crippen molar-refractivity contribution in [1.82, 2.24) is 4.90 Å². The summed E-state index contributed by atoms with van der Waals surface area (Å²) >= 11 is 0. The molecule has 1 N–H and O–H groups in total.